The number of nitrogens with one attached hydrogen (secondary N) is 1. The van der Waals surface area contributed by atoms with Gasteiger partial charge in [-0.25, -0.2) is 14.3 Å². The fourth-order valence-corrected chi connectivity index (χ4v) is 4.51. The van der Waals surface area contributed by atoms with E-state index < -0.39 is 11.7 Å². The van der Waals surface area contributed by atoms with Crippen molar-refractivity contribution in [3.05, 3.63) is 71.9 Å². The SMILES string of the molecule is CNC(=O)c1cc(OC)c2nc(-c3ccc(C4(OC(N)=O)CCC4)cc3)c(-c3ccccc3)n2n1. The average Bonchev–Trinajstić information content (AvgIpc) is 3.25. The Morgan fingerprint density at radius 2 is 1.77 bits per heavy atom. The zero-order valence-corrected chi connectivity index (χ0v) is 19.4. The molecule has 1 fully saturated rings. The van der Waals surface area contributed by atoms with Crippen LogP contribution < -0.4 is 15.8 Å². The number of nitrogens with two attached hydrogens (primary N) is 1. The van der Waals surface area contributed by atoms with E-state index in [1.807, 2.05) is 54.6 Å². The molecular weight excluding hydrogens is 446 g/mol. The first-order valence-corrected chi connectivity index (χ1v) is 11.3. The molecule has 0 radical (unpaired) electrons. The minimum absolute atomic E-state index is 0.212. The van der Waals surface area contributed by atoms with E-state index in [4.69, 9.17) is 20.2 Å². The van der Waals surface area contributed by atoms with Crippen LogP contribution in [0.5, 0.6) is 5.75 Å². The molecule has 5 rings (SSSR count). The van der Waals surface area contributed by atoms with Crippen molar-refractivity contribution in [1.82, 2.24) is 19.9 Å². The Morgan fingerprint density at radius 3 is 2.34 bits per heavy atom. The monoisotopic (exact) mass is 471 g/mol. The third-order valence-corrected chi connectivity index (χ3v) is 6.42. The minimum atomic E-state index is -0.773. The number of ether oxygens (including phenoxy) is 2. The van der Waals surface area contributed by atoms with Gasteiger partial charge < -0.3 is 20.5 Å². The van der Waals surface area contributed by atoms with Crippen molar-refractivity contribution in [2.75, 3.05) is 14.2 Å². The smallest absolute Gasteiger partial charge is 0.405 e. The number of fused-ring (bicyclic) bond motifs is 1. The van der Waals surface area contributed by atoms with Crippen molar-refractivity contribution >= 4 is 17.6 Å². The molecule has 1 aliphatic carbocycles. The van der Waals surface area contributed by atoms with Gasteiger partial charge in [-0.3, -0.25) is 4.79 Å². The number of hydrogen-bond acceptors (Lipinski definition) is 6. The van der Waals surface area contributed by atoms with Gasteiger partial charge in [0, 0.05) is 24.2 Å². The molecule has 4 aromatic rings. The number of methoxy groups -OCH3 is 1. The molecule has 35 heavy (non-hydrogen) atoms. The Hall–Kier alpha value is -4.40. The lowest BCUT2D eigenvalue weighted by molar-refractivity contribution is -0.0489. The van der Waals surface area contributed by atoms with E-state index in [0.29, 0.717) is 17.1 Å². The zero-order valence-electron chi connectivity index (χ0n) is 19.4. The maximum absolute atomic E-state index is 12.4. The topological polar surface area (TPSA) is 121 Å². The number of aromatic nitrogens is 3. The second kappa shape index (κ2) is 8.75. The third-order valence-electron chi connectivity index (χ3n) is 6.42. The number of carbonyl (C=O) groups excluding carboxylic acids is 2. The molecule has 0 spiro atoms. The molecule has 9 nitrogen and oxygen atoms in total. The number of hydrogen-bond donors (Lipinski definition) is 2. The van der Waals surface area contributed by atoms with Crippen molar-refractivity contribution in [2.24, 2.45) is 5.73 Å². The Bertz CT molecular complexity index is 1410. The molecule has 0 unspecified atom stereocenters. The van der Waals surface area contributed by atoms with Crippen LogP contribution in [0.3, 0.4) is 0 Å². The van der Waals surface area contributed by atoms with E-state index in [1.54, 1.807) is 17.6 Å². The van der Waals surface area contributed by atoms with Gasteiger partial charge in [0.2, 0.25) is 0 Å². The Morgan fingerprint density at radius 1 is 1.06 bits per heavy atom. The van der Waals surface area contributed by atoms with Crippen LogP contribution in [0.2, 0.25) is 0 Å². The summed E-state index contributed by atoms with van der Waals surface area (Å²) in [6.45, 7) is 0. The summed E-state index contributed by atoms with van der Waals surface area (Å²) in [4.78, 5) is 28.7. The molecule has 178 valence electrons. The Balaban J connectivity index is 1.69. The normalized spacial score (nSPS) is 14.2. The van der Waals surface area contributed by atoms with Gasteiger partial charge in [-0.2, -0.15) is 5.10 Å². The number of imidazole rings is 1. The van der Waals surface area contributed by atoms with Crippen LogP contribution in [0, 0.1) is 0 Å². The predicted molar refractivity (Wildman–Crippen MR) is 130 cm³/mol. The van der Waals surface area contributed by atoms with Crippen LogP contribution in [0.15, 0.2) is 60.7 Å². The number of carbonyl (C=O) groups is 2. The van der Waals surface area contributed by atoms with E-state index >= 15 is 0 Å². The van der Waals surface area contributed by atoms with Crippen molar-refractivity contribution in [2.45, 2.75) is 24.9 Å². The van der Waals surface area contributed by atoms with Gasteiger partial charge in [-0.15, -0.1) is 0 Å². The van der Waals surface area contributed by atoms with Crippen molar-refractivity contribution < 1.29 is 19.1 Å². The van der Waals surface area contributed by atoms with Gasteiger partial charge in [0.05, 0.1) is 12.8 Å². The molecule has 0 aliphatic heterocycles. The largest absolute Gasteiger partial charge is 0.493 e. The zero-order chi connectivity index (χ0) is 24.6. The Kier molecular flexibility index (Phi) is 5.60. The van der Waals surface area contributed by atoms with E-state index in [9.17, 15) is 9.59 Å². The maximum Gasteiger partial charge on any atom is 0.405 e. The quantitative estimate of drug-likeness (QED) is 0.440. The van der Waals surface area contributed by atoms with Crippen LogP contribution in [0.25, 0.3) is 28.2 Å². The maximum atomic E-state index is 12.4. The highest BCUT2D eigenvalue weighted by molar-refractivity contribution is 5.93. The third kappa shape index (κ3) is 3.84. The summed E-state index contributed by atoms with van der Waals surface area (Å²) < 4.78 is 12.7. The van der Waals surface area contributed by atoms with Gasteiger partial charge in [0.25, 0.3) is 5.91 Å². The van der Waals surface area contributed by atoms with Crippen LogP contribution >= 0.6 is 0 Å². The van der Waals surface area contributed by atoms with Gasteiger partial charge in [0.15, 0.2) is 17.1 Å². The fraction of sp³-hybridized carbons (Fsp3) is 0.231. The molecule has 1 aliphatic rings. The van der Waals surface area contributed by atoms with Gasteiger partial charge in [-0.1, -0.05) is 54.6 Å². The van der Waals surface area contributed by atoms with E-state index in [2.05, 4.69) is 10.4 Å². The second-order valence-corrected chi connectivity index (χ2v) is 8.43. The lowest BCUT2D eigenvalue weighted by atomic mass is 9.74. The van der Waals surface area contributed by atoms with Crippen molar-refractivity contribution in [3.63, 3.8) is 0 Å². The molecule has 3 N–H and O–H groups in total. The molecule has 0 atom stereocenters. The summed E-state index contributed by atoms with van der Waals surface area (Å²) in [5.74, 6) is 0.103. The first kappa shape index (κ1) is 22.4. The van der Waals surface area contributed by atoms with E-state index in [0.717, 1.165) is 41.6 Å². The second-order valence-electron chi connectivity index (χ2n) is 8.43. The summed E-state index contributed by atoms with van der Waals surface area (Å²) in [7, 11) is 3.08. The molecule has 9 heteroatoms. The van der Waals surface area contributed by atoms with Crippen molar-refractivity contribution in [1.29, 1.82) is 0 Å². The fourth-order valence-electron chi connectivity index (χ4n) is 4.51. The molecule has 2 heterocycles. The molecule has 2 amide bonds. The molecular formula is C26H25N5O4. The molecule has 2 aromatic carbocycles. The van der Waals surface area contributed by atoms with Gasteiger partial charge >= 0.3 is 6.09 Å². The molecule has 0 saturated heterocycles. The summed E-state index contributed by atoms with van der Waals surface area (Å²) in [5.41, 5.74) is 9.39. The summed E-state index contributed by atoms with van der Waals surface area (Å²) in [5, 5.41) is 7.18. The highest BCUT2D eigenvalue weighted by Gasteiger charge is 2.42. The number of nitrogens with zero attached hydrogens (tertiary/aromatic N) is 3. The lowest BCUT2D eigenvalue weighted by Crippen LogP contribution is -2.40. The van der Waals surface area contributed by atoms with Crippen LogP contribution in [0.1, 0.15) is 35.3 Å². The van der Waals surface area contributed by atoms with E-state index in [-0.39, 0.29) is 11.6 Å². The number of rotatable bonds is 6. The lowest BCUT2D eigenvalue weighted by Gasteiger charge is -2.40. The standard InChI is InChI=1S/C26H25N5O4/c1-28-24(32)19-15-20(34-2)23-29-21(22(31(23)30-19)17-7-4-3-5-8-17)16-9-11-18(12-10-16)26(13-6-14-26)35-25(27)33/h3-5,7-12,15H,6,13-14H2,1-2H3,(H2,27,33)(H,28,32). The van der Waals surface area contributed by atoms with Crippen molar-refractivity contribution in [3.8, 4) is 28.3 Å². The molecule has 2 aromatic heterocycles. The number of benzene rings is 2. The van der Waals surface area contributed by atoms with Gasteiger partial charge in [-0.05, 0) is 24.8 Å². The minimum Gasteiger partial charge on any atom is -0.493 e. The van der Waals surface area contributed by atoms with Crippen LogP contribution in [0.4, 0.5) is 4.79 Å². The average molecular weight is 472 g/mol. The number of amides is 2. The highest BCUT2D eigenvalue weighted by Crippen LogP contribution is 2.45. The predicted octanol–water partition coefficient (Wildman–Crippen LogP) is 3.91. The first-order chi connectivity index (χ1) is 17.0. The summed E-state index contributed by atoms with van der Waals surface area (Å²) in [6.07, 6.45) is 1.68. The Labute approximate surface area is 201 Å². The summed E-state index contributed by atoms with van der Waals surface area (Å²) in [6, 6.07) is 19.1. The first-order valence-electron chi connectivity index (χ1n) is 11.3. The number of primary amides is 1. The summed E-state index contributed by atoms with van der Waals surface area (Å²) >= 11 is 0. The van der Waals surface area contributed by atoms with E-state index in [1.165, 1.54) is 7.11 Å². The van der Waals surface area contributed by atoms with Gasteiger partial charge in [0.1, 0.15) is 11.3 Å². The highest BCUT2D eigenvalue weighted by atomic mass is 16.6. The molecule has 0 bridgehead atoms. The van der Waals surface area contributed by atoms with Crippen LogP contribution in [-0.4, -0.2) is 40.8 Å². The molecule has 1 saturated carbocycles. The van der Waals surface area contributed by atoms with Crippen LogP contribution in [-0.2, 0) is 10.3 Å².